The van der Waals surface area contributed by atoms with Crippen LogP contribution in [0.25, 0.3) is 0 Å². The molecule has 0 spiro atoms. The van der Waals surface area contributed by atoms with Crippen molar-refractivity contribution in [2.24, 2.45) is 0 Å². The lowest BCUT2D eigenvalue weighted by molar-refractivity contribution is 0.456. The summed E-state index contributed by atoms with van der Waals surface area (Å²) < 4.78 is 18.8. The third-order valence-corrected chi connectivity index (χ3v) is 2.41. The molecule has 0 atom stereocenters. The summed E-state index contributed by atoms with van der Waals surface area (Å²) in [5.41, 5.74) is 0. The number of hydrogen-bond acceptors (Lipinski definition) is 2. The van der Waals surface area contributed by atoms with E-state index in [1.54, 1.807) is 6.07 Å². The molecule has 0 fully saturated rings. The summed E-state index contributed by atoms with van der Waals surface area (Å²) in [6, 6.07) is 10.2. The molecule has 0 bridgehead atoms. The molecule has 0 N–H and O–H groups in total. The molecule has 2 rings (SSSR count). The Labute approximate surface area is 94.9 Å². The minimum atomic E-state index is -0.380. The Bertz CT molecular complexity index is 458. The highest BCUT2D eigenvalue weighted by atomic mass is 79.9. The molecule has 15 heavy (non-hydrogen) atoms. The third kappa shape index (κ3) is 2.53. The number of ether oxygens (including phenoxy) is 1. The second-order valence-corrected chi connectivity index (χ2v) is 3.70. The molecule has 0 aliphatic carbocycles. The average molecular weight is 268 g/mol. The van der Waals surface area contributed by atoms with E-state index in [4.69, 9.17) is 4.74 Å². The fourth-order valence-electron chi connectivity index (χ4n) is 1.06. The van der Waals surface area contributed by atoms with E-state index < -0.39 is 0 Å². The summed E-state index contributed by atoms with van der Waals surface area (Å²) in [6.45, 7) is 0. The van der Waals surface area contributed by atoms with Gasteiger partial charge in [0, 0.05) is 6.07 Å². The maximum absolute atomic E-state index is 12.6. The molecular weight excluding hydrogens is 261 g/mol. The van der Waals surface area contributed by atoms with Crippen LogP contribution in [0.2, 0.25) is 0 Å². The molecule has 2 aromatic rings. The van der Waals surface area contributed by atoms with Gasteiger partial charge in [0.25, 0.3) is 0 Å². The quantitative estimate of drug-likeness (QED) is 0.826. The number of pyridine rings is 1. The highest BCUT2D eigenvalue weighted by Crippen LogP contribution is 2.27. The zero-order valence-corrected chi connectivity index (χ0v) is 9.24. The van der Waals surface area contributed by atoms with Crippen LogP contribution < -0.4 is 4.74 Å². The van der Waals surface area contributed by atoms with Crippen LogP contribution in [0.5, 0.6) is 11.6 Å². The largest absolute Gasteiger partial charge is 0.438 e. The van der Waals surface area contributed by atoms with Crippen molar-refractivity contribution in [3.63, 3.8) is 0 Å². The Kier molecular flexibility index (Phi) is 2.97. The van der Waals surface area contributed by atoms with Gasteiger partial charge in [0.2, 0.25) is 5.88 Å². The highest BCUT2D eigenvalue weighted by Gasteiger charge is 2.02. The first-order chi connectivity index (χ1) is 7.25. The summed E-state index contributed by atoms with van der Waals surface area (Å²) in [6.07, 6.45) is 1.12. The smallest absolute Gasteiger partial charge is 0.219 e. The standard InChI is InChI=1S/C11H7BrFNO/c12-9-3-1-2-4-10(9)15-11-6-5-8(13)7-14-11/h1-7H. The SMILES string of the molecule is Fc1ccc(Oc2ccccc2Br)nc1. The van der Waals surface area contributed by atoms with Crippen LogP contribution in [0.4, 0.5) is 4.39 Å². The molecule has 1 aromatic carbocycles. The summed E-state index contributed by atoms with van der Waals surface area (Å²) in [5.74, 6) is 0.634. The molecule has 0 radical (unpaired) electrons. The summed E-state index contributed by atoms with van der Waals surface area (Å²) >= 11 is 3.34. The van der Waals surface area contributed by atoms with Crippen molar-refractivity contribution < 1.29 is 9.13 Å². The Hall–Kier alpha value is -1.42. The van der Waals surface area contributed by atoms with E-state index in [9.17, 15) is 4.39 Å². The summed E-state index contributed by atoms with van der Waals surface area (Å²) in [4.78, 5) is 3.80. The van der Waals surface area contributed by atoms with Crippen molar-refractivity contribution in [2.75, 3.05) is 0 Å². The molecule has 2 nitrogen and oxygen atoms in total. The van der Waals surface area contributed by atoms with E-state index in [0.29, 0.717) is 11.6 Å². The first kappa shape index (κ1) is 10.1. The van der Waals surface area contributed by atoms with Crippen LogP contribution in [-0.2, 0) is 0 Å². The van der Waals surface area contributed by atoms with Crippen LogP contribution in [0, 0.1) is 5.82 Å². The molecule has 0 saturated heterocycles. The first-order valence-corrected chi connectivity index (χ1v) is 5.09. The normalized spacial score (nSPS) is 10.0. The van der Waals surface area contributed by atoms with E-state index in [1.807, 2.05) is 18.2 Å². The van der Waals surface area contributed by atoms with E-state index in [2.05, 4.69) is 20.9 Å². The lowest BCUT2D eigenvalue weighted by Gasteiger charge is -2.05. The van der Waals surface area contributed by atoms with Crippen molar-refractivity contribution in [3.8, 4) is 11.6 Å². The van der Waals surface area contributed by atoms with Gasteiger partial charge < -0.3 is 4.74 Å². The number of aromatic nitrogens is 1. The molecule has 1 aromatic heterocycles. The van der Waals surface area contributed by atoms with Gasteiger partial charge in [-0.05, 0) is 34.1 Å². The van der Waals surface area contributed by atoms with Crippen LogP contribution >= 0.6 is 15.9 Å². The predicted octanol–water partition coefficient (Wildman–Crippen LogP) is 3.78. The Morgan fingerprint density at radius 2 is 1.93 bits per heavy atom. The Balaban J connectivity index is 2.22. The van der Waals surface area contributed by atoms with Gasteiger partial charge in [-0.2, -0.15) is 0 Å². The fraction of sp³-hybridized carbons (Fsp3) is 0. The summed E-state index contributed by atoms with van der Waals surface area (Å²) in [5, 5.41) is 0. The fourth-order valence-corrected chi connectivity index (χ4v) is 1.43. The monoisotopic (exact) mass is 267 g/mol. The minimum Gasteiger partial charge on any atom is -0.438 e. The molecule has 0 unspecified atom stereocenters. The zero-order valence-electron chi connectivity index (χ0n) is 7.65. The molecule has 0 aliphatic heterocycles. The van der Waals surface area contributed by atoms with Gasteiger partial charge in [0.1, 0.15) is 11.6 Å². The number of hydrogen-bond donors (Lipinski definition) is 0. The summed E-state index contributed by atoms with van der Waals surface area (Å²) in [7, 11) is 0. The van der Waals surface area contributed by atoms with Crippen molar-refractivity contribution in [2.45, 2.75) is 0 Å². The highest BCUT2D eigenvalue weighted by molar-refractivity contribution is 9.10. The molecule has 0 amide bonds. The topological polar surface area (TPSA) is 22.1 Å². The van der Waals surface area contributed by atoms with E-state index in [1.165, 1.54) is 12.1 Å². The molecule has 76 valence electrons. The van der Waals surface area contributed by atoms with Crippen molar-refractivity contribution in [1.82, 2.24) is 4.98 Å². The van der Waals surface area contributed by atoms with Crippen LogP contribution in [0.3, 0.4) is 0 Å². The van der Waals surface area contributed by atoms with Gasteiger partial charge in [0.15, 0.2) is 0 Å². The van der Waals surface area contributed by atoms with Crippen LogP contribution in [0.15, 0.2) is 47.1 Å². The molecule has 1 heterocycles. The number of rotatable bonds is 2. The van der Waals surface area contributed by atoms with Crippen molar-refractivity contribution in [1.29, 1.82) is 0 Å². The average Bonchev–Trinajstić information content (AvgIpc) is 2.25. The van der Waals surface area contributed by atoms with Crippen LogP contribution in [-0.4, -0.2) is 4.98 Å². The predicted molar refractivity (Wildman–Crippen MR) is 58.4 cm³/mol. The second kappa shape index (κ2) is 4.40. The second-order valence-electron chi connectivity index (χ2n) is 2.85. The number of para-hydroxylation sites is 1. The zero-order chi connectivity index (χ0) is 10.7. The number of benzene rings is 1. The van der Waals surface area contributed by atoms with Gasteiger partial charge >= 0.3 is 0 Å². The van der Waals surface area contributed by atoms with Gasteiger partial charge in [-0.1, -0.05) is 12.1 Å². The van der Waals surface area contributed by atoms with Crippen molar-refractivity contribution >= 4 is 15.9 Å². The minimum absolute atomic E-state index is 0.364. The molecule has 0 aliphatic rings. The van der Waals surface area contributed by atoms with Gasteiger partial charge in [-0.25, -0.2) is 9.37 Å². The number of halogens is 2. The van der Waals surface area contributed by atoms with E-state index in [0.717, 1.165) is 10.7 Å². The maximum atomic E-state index is 12.6. The molecule has 4 heteroatoms. The lowest BCUT2D eigenvalue weighted by atomic mass is 10.3. The lowest BCUT2D eigenvalue weighted by Crippen LogP contribution is -1.88. The third-order valence-electron chi connectivity index (χ3n) is 1.75. The van der Waals surface area contributed by atoms with Gasteiger partial charge in [0.05, 0.1) is 10.7 Å². The maximum Gasteiger partial charge on any atom is 0.219 e. The van der Waals surface area contributed by atoms with Gasteiger partial charge in [-0.3, -0.25) is 0 Å². The number of nitrogens with zero attached hydrogens (tertiary/aromatic N) is 1. The van der Waals surface area contributed by atoms with E-state index in [-0.39, 0.29) is 5.82 Å². The molecule has 0 saturated carbocycles. The van der Waals surface area contributed by atoms with Crippen LogP contribution in [0.1, 0.15) is 0 Å². The Morgan fingerprint density at radius 1 is 1.13 bits per heavy atom. The van der Waals surface area contributed by atoms with E-state index >= 15 is 0 Å². The van der Waals surface area contributed by atoms with Gasteiger partial charge in [-0.15, -0.1) is 0 Å². The first-order valence-electron chi connectivity index (χ1n) is 4.29. The molecular formula is C11H7BrFNO. The Morgan fingerprint density at radius 3 is 2.60 bits per heavy atom. The van der Waals surface area contributed by atoms with Crippen molar-refractivity contribution in [3.05, 3.63) is 52.9 Å².